The van der Waals surface area contributed by atoms with Crippen molar-refractivity contribution in [1.29, 1.82) is 0 Å². The largest absolute Gasteiger partial charge is 0.0648 e. The highest BCUT2D eigenvalue weighted by Gasteiger charge is 2.15. The molecule has 0 unspecified atom stereocenters. The molecule has 94 valence electrons. The van der Waals surface area contributed by atoms with Crippen LogP contribution in [-0.4, -0.2) is 0 Å². The summed E-state index contributed by atoms with van der Waals surface area (Å²) in [7, 11) is 0. The number of rotatable bonds is 4. The molecular weight excluding hydrogens is 204 g/mol. The van der Waals surface area contributed by atoms with Crippen molar-refractivity contribution in [1.82, 2.24) is 0 Å². The maximum atomic E-state index is 2.39. The molecule has 0 aliphatic heterocycles. The van der Waals surface area contributed by atoms with Crippen LogP contribution in [0.15, 0.2) is 24.3 Å². The molecule has 0 bridgehead atoms. The van der Waals surface area contributed by atoms with E-state index in [9.17, 15) is 0 Å². The second kappa shape index (κ2) is 6.23. The molecule has 0 aromatic heterocycles. The minimum absolute atomic E-state index is 0.760. The SMILES string of the molecule is CCC(CC)c1ccc(C2CCCCC2)cc1. The first-order valence-corrected chi connectivity index (χ1v) is 7.45. The van der Waals surface area contributed by atoms with Gasteiger partial charge in [0, 0.05) is 0 Å². The Labute approximate surface area is 106 Å². The van der Waals surface area contributed by atoms with Crippen molar-refractivity contribution in [3.8, 4) is 0 Å². The second-order valence-electron chi connectivity index (χ2n) is 5.52. The van der Waals surface area contributed by atoms with Gasteiger partial charge in [0.05, 0.1) is 0 Å². The molecule has 0 nitrogen and oxygen atoms in total. The highest BCUT2D eigenvalue weighted by atomic mass is 14.2. The Morgan fingerprint density at radius 2 is 1.53 bits per heavy atom. The fourth-order valence-electron chi connectivity index (χ4n) is 3.24. The van der Waals surface area contributed by atoms with Gasteiger partial charge in [-0.15, -0.1) is 0 Å². The zero-order valence-corrected chi connectivity index (χ0v) is 11.4. The van der Waals surface area contributed by atoms with Crippen LogP contribution in [0.4, 0.5) is 0 Å². The molecule has 1 aromatic rings. The van der Waals surface area contributed by atoms with Gasteiger partial charge in [-0.3, -0.25) is 0 Å². The Kier molecular flexibility index (Phi) is 4.65. The molecule has 0 radical (unpaired) electrons. The molecule has 1 saturated carbocycles. The zero-order valence-electron chi connectivity index (χ0n) is 11.4. The summed E-state index contributed by atoms with van der Waals surface area (Å²) in [6.07, 6.45) is 9.65. The second-order valence-corrected chi connectivity index (χ2v) is 5.52. The van der Waals surface area contributed by atoms with E-state index >= 15 is 0 Å². The summed E-state index contributed by atoms with van der Waals surface area (Å²) in [5.41, 5.74) is 3.12. The van der Waals surface area contributed by atoms with Gasteiger partial charge in [0.15, 0.2) is 0 Å². The van der Waals surface area contributed by atoms with E-state index in [1.165, 1.54) is 50.5 Å². The van der Waals surface area contributed by atoms with Gasteiger partial charge in [0.1, 0.15) is 0 Å². The Bertz CT molecular complexity index is 312. The molecule has 0 saturated heterocycles. The molecule has 0 heteroatoms. The normalized spacial score (nSPS) is 17.6. The molecule has 0 spiro atoms. The van der Waals surface area contributed by atoms with Gasteiger partial charge in [0.25, 0.3) is 0 Å². The van der Waals surface area contributed by atoms with Crippen molar-refractivity contribution in [2.45, 2.75) is 70.6 Å². The first-order valence-electron chi connectivity index (χ1n) is 7.45. The molecule has 1 aliphatic carbocycles. The Morgan fingerprint density at radius 3 is 2.06 bits per heavy atom. The smallest absolute Gasteiger partial charge is 0.0162 e. The fourth-order valence-corrected chi connectivity index (χ4v) is 3.24. The summed E-state index contributed by atoms with van der Waals surface area (Å²) in [6.45, 7) is 4.59. The number of hydrogen-bond donors (Lipinski definition) is 0. The van der Waals surface area contributed by atoms with Crippen LogP contribution in [-0.2, 0) is 0 Å². The minimum atomic E-state index is 0.760. The van der Waals surface area contributed by atoms with Gasteiger partial charge in [-0.05, 0) is 48.6 Å². The van der Waals surface area contributed by atoms with Crippen molar-refractivity contribution in [3.05, 3.63) is 35.4 Å². The summed E-state index contributed by atoms with van der Waals surface area (Å²) >= 11 is 0. The highest BCUT2D eigenvalue weighted by Crippen LogP contribution is 2.33. The zero-order chi connectivity index (χ0) is 12.1. The van der Waals surface area contributed by atoms with Crippen molar-refractivity contribution in [3.63, 3.8) is 0 Å². The third-order valence-corrected chi connectivity index (χ3v) is 4.47. The van der Waals surface area contributed by atoms with Crippen LogP contribution in [0.25, 0.3) is 0 Å². The molecule has 17 heavy (non-hydrogen) atoms. The molecule has 1 aromatic carbocycles. The standard InChI is InChI=1S/C17H26/c1-3-14(4-2)16-10-12-17(13-11-16)15-8-6-5-7-9-15/h10-15H,3-9H2,1-2H3. The number of hydrogen-bond acceptors (Lipinski definition) is 0. The average molecular weight is 230 g/mol. The third kappa shape index (κ3) is 3.12. The van der Waals surface area contributed by atoms with Gasteiger partial charge >= 0.3 is 0 Å². The van der Waals surface area contributed by atoms with Crippen LogP contribution in [0.2, 0.25) is 0 Å². The van der Waals surface area contributed by atoms with E-state index in [0.717, 1.165) is 11.8 Å². The molecule has 1 fully saturated rings. The maximum Gasteiger partial charge on any atom is -0.0162 e. The Balaban J connectivity index is 2.06. The number of benzene rings is 1. The lowest BCUT2D eigenvalue weighted by molar-refractivity contribution is 0.443. The predicted molar refractivity (Wildman–Crippen MR) is 75.6 cm³/mol. The summed E-state index contributed by atoms with van der Waals surface area (Å²) in [5, 5.41) is 0. The molecular formula is C17H26. The van der Waals surface area contributed by atoms with Crippen molar-refractivity contribution < 1.29 is 0 Å². The molecule has 0 amide bonds. The summed E-state index contributed by atoms with van der Waals surface area (Å²) in [5.74, 6) is 1.61. The first kappa shape index (κ1) is 12.7. The van der Waals surface area contributed by atoms with E-state index in [-0.39, 0.29) is 0 Å². The maximum absolute atomic E-state index is 2.39. The monoisotopic (exact) mass is 230 g/mol. The van der Waals surface area contributed by atoms with E-state index < -0.39 is 0 Å². The Morgan fingerprint density at radius 1 is 0.941 bits per heavy atom. The fraction of sp³-hybridized carbons (Fsp3) is 0.647. The topological polar surface area (TPSA) is 0 Å². The molecule has 1 aliphatic rings. The van der Waals surface area contributed by atoms with Crippen LogP contribution in [0, 0.1) is 0 Å². The van der Waals surface area contributed by atoms with Gasteiger partial charge in [0.2, 0.25) is 0 Å². The molecule has 0 heterocycles. The van der Waals surface area contributed by atoms with Crippen molar-refractivity contribution >= 4 is 0 Å². The quantitative estimate of drug-likeness (QED) is 0.628. The summed E-state index contributed by atoms with van der Waals surface area (Å²) in [6, 6.07) is 9.54. The van der Waals surface area contributed by atoms with E-state index in [2.05, 4.69) is 38.1 Å². The van der Waals surface area contributed by atoms with E-state index in [0.29, 0.717) is 0 Å². The van der Waals surface area contributed by atoms with E-state index in [1.54, 1.807) is 5.56 Å². The van der Waals surface area contributed by atoms with Gasteiger partial charge in [-0.1, -0.05) is 57.4 Å². The van der Waals surface area contributed by atoms with E-state index in [4.69, 9.17) is 0 Å². The van der Waals surface area contributed by atoms with Crippen LogP contribution < -0.4 is 0 Å². The summed E-state index contributed by atoms with van der Waals surface area (Å²) < 4.78 is 0. The van der Waals surface area contributed by atoms with Gasteiger partial charge in [-0.25, -0.2) is 0 Å². The van der Waals surface area contributed by atoms with Crippen molar-refractivity contribution in [2.24, 2.45) is 0 Å². The Hall–Kier alpha value is -0.780. The van der Waals surface area contributed by atoms with Crippen molar-refractivity contribution in [2.75, 3.05) is 0 Å². The first-order chi connectivity index (χ1) is 8.35. The van der Waals surface area contributed by atoms with Crippen LogP contribution in [0.3, 0.4) is 0 Å². The van der Waals surface area contributed by atoms with Gasteiger partial charge < -0.3 is 0 Å². The molecule has 2 rings (SSSR count). The third-order valence-electron chi connectivity index (χ3n) is 4.47. The molecule has 0 N–H and O–H groups in total. The van der Waals surface area contributed by atoms with Crippen LogP contribution in [0.5, 0.6) is 0 Å². The van der Waals surface area contributed by atoms with Crippen LogP contribution >= 0.6 is 0 Å². The molecule has 0 atom stereocenters. The minimum Gasteiger partial charge on any atom is -0.0648 e. The summed E-state index contributed by atoms with van der Waals surface area (Å²) in [4.78, 5) is 0. The highest BCUT2D eigenvalue weighted by molar-refractivity contribution is 5.28. The van der Waals surface area contributed by atoms with Crippen LogP contribution in [0.1, 0.15) is 81.8 Å². The lowest BCUT2D eigenvalue weighted by atomic mass is 9.83. The van der Waals surface area contributed by atoms with E-state index in [1.807, 2.05) is 0 Å². The van der Waals surface area contributed by atoms with Gasteiger partial charge in [-0.2, -0.15) is 0 Å². The predicted octanol–water partition coefficient (Wildman–Crippen LogP) is 5.64. The lowest BCUT2D eigenvalue weighted by Crippen LogP contribution is -2.04. The lowest BCUT2D eigenvalue weighted by Gasteiger charge is -2.22. The average Bonchev–Trinajstić information content (AvgIpc) is 2.42.